The Balaban J connectivity index is 0.000000605. The molecule has 0 radical (unpaired) electrons. The normalized spacial score (nSPS) is 8.33. The molecule has 0 aliphatic rings. The van der Waals surface area contributed by atoms with E-state index in [9.17, 15) is 0 Å². The summed E-state index contributed by atoms with van der Waals surface area (Å²) in [6.45, 7) is 0. The molecule has 3 nitrogen and oxygen atoms in total. The highest BCUT2D eigenvalue weighted by molar-refractivity contribution is 5.85. The molecule has 1 aromatic heterocycles. The number of nitrogens with zero attached hydrogens (tertiary/aromatic N) is 2. The third-order valence-corrected chi connectivity index (χ3v) is 1.46. The second-order valence-corrected chi connectivity index (χ2v) is 2.12. The summed E-state index contributed by atoms with van der Waals surface area (Å²) in [5.74, 6) is 0. The van der Waals surface area contributed by atoms with Gasteiger partial charge in [-0.2, -0.15) is 10.2 Å². The molecule has 64 valence electrons. The highest BCUT2D eigenvalue weighted by Crippen LogP contribution is 2.08. The van der Waals surface area contributed by atoms with Crippen LogP contribution in [0.3, 0.4) is 0 Å². The van der Waals surface area contributed by atoms with Crippen LogP contribution in [0.2, 0.25) is 0 Å². The monoisotopic (exact) mass is 184 g/mol. The van der Waals surface area contributed by atoms with Gasteiger partial charge in [0.05, 0.1) is 12.4 Å². The van der Waals surface area contributed by atoms with Crippen molar-refractivity contribution in [3.05, 3.63) is 36.7 Å². The Morgan fingerprint density at radius 2 is 1.25 bits per heavy atom. The molecule has 0 unspecified atom stereocenters. The van der Waals surface area contributed by atoms with Gasteiger partial charge in [0.1, 0.15) is 0 Å². The maximum atomic E-state index is 3.76. The van der Waals surface area contributed by atoms with Gasteiger partial charge in [-0.15, -0.1) is 12.4 Å². The molecule has 0 atom stereocenters. The summed E-state index contributed by atoms with van der Waals surface area (Å²) in [5.41, 5.74) is 0. The van der Waals surface area contributed by atoms with Gasteiger partial charge < -0.3 is 5.48 Å². The minimum absolute atomic E-state index is 0. The van der Waals surface area contributed by atoms with Gasteiger partial charge >= 0.3 is 0 Å². The number of benzene rings is 1. The van der Waals surface area contributed by atoms with Crippen molar-refractivity contribution < 1.29 is 5.48 Å². The van der Waals surface area contributed by atoms with Gasteiger partial charge in [-0.05, 0) is 0 Å². The first kappa shape index (κ1) is 10.8. The van der Waals surface area contributed by atoms with Crippen molar-refractivity contribution in [2.24, 2.45) is 0 Å². The molecule has 0 bridgehead atoms. The van der Waals surface area contributed by atoms with Gasteiger partial charge in [0, 0.05) is 10.8 Å². The number of hydrogen-bond donors (Lipinski definition) is 0. The van der Waals surface area contributed by atoms with E-state index in [1.165, 1.54) is 0 Å². The van der Waals surface area contributed by atoms with Crippen molar-refractivity contribution in [1.82, 2.24) is 10.2 Å². The average molecular weight is 185 g/mol. The van der Waals surface area contributed by atoms with E-state index in [1.807, 2.05) is 24.3 Å². The predicted molar refractivity (Wildman–Crippen MR) is 50.4 cm³/mol. The molecule has 0 fully saturated rings. The minimum atomic E-state index is 0. The smallest absolute Gasteiger partial charge is 0.0574 e. The van der Waals surface area contributed by atoms with Crippen LogP contribution in [0.5, 0.6) is 0 Å². The van der Waals surface area contributed by atoms with Crippen LogP contribution in [0.1, 0.15) is 0 Å². The molecule has 2 rings (SSSR count). The first-order valence-electron chi connectivity index (χ1n) is 3.12. The van der Waals surface area contributed by atoms with Crippen LogP contribution in [-0.2, 0) is 0 Å². The van der Waals surface area contributed by atoms with Gasteiger partial charge in [0.25, 0.3) is 0 Å². The third-order valence-electron chi connectivity index (χ3n) is 1.46. The fourth-order valence-corrected chi connectivity index (χ4v) is 0.937. The third kappa shape index (κ3) is 1.90. The van der Waals surface area contributed by atoms with E-state index >= 15 is 0 Å². The molecule has 2 aromatic rings. The Morgan fingerprint density at radius 1 is 0.833 bits per heavy atom. The Labute approximate surface area is 76.2 Å². The van der Waals surface area contributed by atoms with Crippen molar-refractivity contribution in [2.75, 3.05) is 0 Å². The molecule has 1 heterocycles. The van der Waals surface area contributed by atoms with Crippen molar-refractivity contribution in [2.45, 2.75) is 0 Å². The van der Waals surface area contributed by atoms with Gasteiger partial charge in [0.15, 0.2) is 0 Å². The first-order chi connectivity index (χ1) is 4.97. The number of aromatic nitrogens is 2. The predicted octanol–water partition coefficient (Wildman–Crippen LogP) is 1.23. The van der Waals surface area contributed by atoms with E-state index in [-0.39, 0.29) is 17.9 Å². The summed E-state index contributed by atoms with van der Waals surface area (Å²) in [6.07, 6.45) is 3.52. The average Bonchev–Trinajstić information content (AvgIpc) is 2.05. The Hall–Kier alpha value is -1.19. The summed E-state index contributed by atoms with van der Waals surface area (Å²) in [4.78, 5) is 0. The zero-order valence-electron chi connectivity index (χ0n) is 6.27. The van der Waals surface area contributed by atoms with E-state index in [0.29, 0.717) is 0 Å². The van der Waals surface area contributed by atoms with Crippen LogP contribution >= 0.6 is 12.4 Å². The SMILES string of the molecule is Cl.O.c1ccc2cnncc2c1. The number of rotatable bonds is 0. The van der Waals surface area contributed by atoms with Crippen LogP contribution in [-0.4, -0.2) is 15.7 Å². The van der Waals surface area contributed by atoms with Gasteiger partial charge in [-0.25, -0.2) is 0 Å². The second-order valence-electron chi connectivity index (χ2n) is 2.12. The molecule has 4 heteroatoms. The maximum Gasteiger partial charge on any atom is 0.0574 e. The minimum Gasteiger partial charge on any atom is -0.412 e. The molecular formula is C8H9ClN2O. The lowest BCUT2D eigenvalue weighted by Gasteiger charge is -1.90. The van der Waals surface area contributed by atoms with Gasteiger partial charge in [-0.3, -0.25) is 0 Å². The Kier molecular flexibility index (Phi) is 4.18. The molecule has 0 saturated heterocycles. The zero-order valence-corrected chi connectivity index (χ0v) is 7.08. The molecule has 0 aliphatic heterocycles. The Bertz CT molecular complexity index is 288. The van der Waals surface area contributed by atoms with Crippen LogP contribution in [0.15, 0.2) is 36.7 Å². The molecule has 0 aliphatic carbocycles. The second kappa shape index (κ2) is 4.64. The number of fused-ring (bicyclic) bond motifs is 1. The van der Waals surface area contributed by atoms with Crippen LogP contribution in [0.4, 0.5) is 0 Å². The lowest BCUT2D eigenvalue weighted by atomic mass is 10.2. The fourth-order valence-electron chi connectivity index (χ4n) is 0.937. The van der Waals surface area contributed by atoms with E-state index in [2.05, 4.69) is 10.2 Å². The zero-order chi connectivity index (χ0) is 6.81. The van der Waals surface area contributed by atoms with Crippen LogP contribution in [0.25, 0.3) is 10.8 Å². The van der Waals surface area contributed by atoms with Crippen molar-refractivity contribution in [3.8, 4) is 0 Å². The summed E-state index contributed by atoms with van der Waals surface area (Å²) < 4.78 is 0. The number of hydrogen-bond acceptors (Lipinski definition) is 2. The standard InChI is InChI=1S/C8H6N2.ClH.H2O/c1-2-4-8-6-10-9-5-7(8)3-1;;/h1-6H;1H;1H2. The van der Waals surface area contributed by atoms with E-state index < -0.39 is 0 Å². The van der Waals surface area contributed by atoms with E-state index in [1.54, 1.807) is 12.4 Å². The van der Waals surface area contributed by atoms with Crippen molar-refractivity contribution in [1.29, 1.82) is 0 Å². The maximum absolute atomic E-state index is 3.76. The van der Waals surface area contributed by atoms with Crippen molar-refractivity contribution in [3.63, 3.8) is 0 Å². The van der Waals surface area contributed by atoms with Crippen LogP contribution < -0.4 is 0 Å². The van der Waals surface area contributed by atoms with E-state index in [4.69, 9.17) is 0 Å². The molecule has 0 amide bonds. The highest BCUT2D eigenvalue weighted by Gasteiger charge is 1.87. The molecule has 2 N–H and O–H groups in total. The van der Waals surface area contributed by atoms with Crippen molar-refractivity contribution >= 4 is 23.2 Å². The lowest BCUT2D eigenvalue weighted by Crippen LogP contribution is -1.77. The summed E-state index contributed by atoms with van der Waals surface area (Å²) in [7, 11) is 0. The lowest BCUT2D eigenvalue weighted by molar-refractivity contribution is 0.824. The Morgan fingerprint density at radius 3 is 1.67 bits per heavy atom. The van der Waals surface area contributed by atoms with E-state index in [0.717, 1.165) is 10.8 Å². The fraction of sp³-hybridized carbons (Fsp3) is 0. The topological polar surface area (TPSA) is 57.3 Å². The van der Waals surface area contributed by atoms with Gasteiger partial charge in [0.2, 0.25) is 0 Å². The van der Waals surface area contributed by atoms with Gasteiger partial charge in [-0.1, -0.05) is 24.3 Å². The molecular weight excluding hydrogens is 176 g/mol. The molecule has 1 aromatic carbocycles. The largest absolute Gasteiger partial charge is 0.412 e. The summed E-state index contributed by atoms with van der Waals surface area (Å²) in [5, 5.41) is 9.80. The molecule has 0 saturated carbocycles. The first-order valence-corrected chi connectivity index (χ1v) is 3.12. The number of halogens is 1. The quantitative estimate of drug-likeness (QED) is 0.618. The van der Waals surface area contributed by atoms with Crippen LogP contribution in [0, 0.1) is 0 Å². The summed E-state index contributed by atoms with van der Waals surface area (Å²) in [6, 6.07) is 8.02. The molecule has 12 heavy (non-hydrogen) atoms. The molecule has 0 spiro atoms. The highest BCUT2D eigenvalue weighted by atomic mass is 35.5. The summed E-state index contributed by atoms with van der Waals surface area (Å²) >= 11 is 0.